The molecule has 0 spiro atoms. The van der Waals surface area contributed by atoms with Gasteiger partial charge < -0.3 is 5.73 Å². The van der Waals surface area contributed by atoms with Gasteiger partial charge in [0, 0.05) is 17.6 Å². The Kier molecular flexibility index (Phi) is 3.16. The molecule has 1 heterocycles. The van der Waals surface area contributed by atoms with Crippen molar-refractivity contribution in [3.63, 3.8) is 0 Å². The van der Waals surface area contributed by atoms with Gasteiger partial charge in [0.1, 0.15) is 0 Å². The Morgan fingerprint density at radius 3 is 2.71 bits per heavy atom. The highest BCUT2D eigenvalue weighted by Gasteiger charge is 2.26. The summed E-state index contributed by atoms with van der Waals surface area (Å²) in [4.78, 5) is 4.38. The molecule has 2 rings (SSSR count). The minimum atomic E-state index is 0.0420. The lowest BCUT2D eigenvalue weighted by atomic mass is 9.78. The van der Waals surface area contributed by atoms with Crippen molar-refractivity contribution in [1.29, 1.82) is 0 Å². The van der Waals surface area contributed by atoms with Gasteiger partial charge in [-0.15, -0.1) is 0 Å². The number of fused-ring (bicyclic) bond motifs is 1. The molecule has 2 nitrogen and oxygen atoms in total. The van der Waals surface area contributed by atoms with Crippen molar-refractivity contribution in [2.45, 2.75) is 33.2 Å². The zero-order valence-electron chi connectivity index (χ0n) is 10.8. The van der Waals surface area contributed by atoms with E-state index in [1.54, 1.807) is 0 Å². The number of rotatable bonds is 3. The van der Waals surface area contributed by atoms with Crippen LogP contribution in [-0.4, -0.2) is 4.98 Å². The van der Waals surface area contributed by atoms with Gasteiger partial charge in [-0.2, -0.15) is 0 Å². The predicted octanol–water partition coefficient (Wildman–Crippen LogP) is 3.67. The summed E-state index contributed by atoms with van der Waals surface area (Å²) in [5.41, 5.74) is 8.74. The normalized spacial score (nSPS) is 13.9. The van der Waals surface area contributed by atoms with Gasteiger partial charge in [-0.05, 0) is 29.5 Å². The van der Waals surface area contributed by atoms with Crippen LogP contribution in [0, 0.1) is 5.41 Å². The maximum absolute atomic E-state index is 6.42. The summed E-state index contributed by atoms with van der Waals surface area (Å²) in [5, 5.41) is 1.17. The minimum absolute atomic E-state index is 0.0420. The molecule has 0 aliphatic heterocycles. The lowest BCUT2D eigenvalue weighted by Crippen LogP contribution is -2.28. The maximum atomic E-state index is 6.42. The first-order valence-electron chi connectivity index (χ1n) is 6.15. The van der Waals surface area contributed by atoms with Crippen molar-refractivity contribution in [1.82, 2.24) is 4.98 Å². The van der Waals surface area contributed by atoms with E-state index in [1.807, 2.05) is 24.4 Å². The van der Waals surface area contributed by atoms with Gasteiger partial charge >= 0.3 is 0 Å². The third kappa shape index (κ3) is 2.18. The lowest BCUT2D eigenvalue weighted by molar-refractivity contribution is 0.279. The first-order valence-corrected chi connectivity index (χ1v) is 6.15. The first kappa shape index (κ1) is 12.1. The van der Waals surface area contributed by atoms with Crippen LogP contribution >= 0.6 is 0 Å². The van der Waals surface area contributed by atoms with Crippen molar-refractivity contribution in [2.75, 3.05) is 0 Å². The zero-order chi connectivity index (χ0) is 12.5. The van der Waals surface area contributed by atoms with Gasteiger partial charge in [0.05, 0.1) is 5.52 Å². The van der Waals surface area contributed by atoms with Gasteiger partial charge in [-0.3, -0.25) is 4.98 Å². The molecule has 17 heavy (non-hydrogen) atoms. The standard InChI is InChI=1S/C15H20N2/c1-4-15(2,3)14(16)12-7-5-9-13-11(12)8-6-10-17-13/h5-10,14H,4,16H2,1-3H3. The summed E-state index contributed by atoms with van der Waals surface area (Å²) in [5.74, 6) is 0. The Morgan fingerprint density at radius 2 is 2.00 bits per heavy atom. The first-order chi connectivity index (χ1) is 8.06. The highest BCUT2D eigenvalue weighted by molar-refractivity contribution is 5.82. The molecule has 1 aromatic heterocycles. The fraction of sp³-hybridized carbons (Fsp3) is 0.400. The third-order valence-corrected chi connectivity index (χ3v) is 3.77. The highest BCUT2D eigenvalue weighted by Crippen LogP contribution is 2.36. The molecular formula is C15H20N2. The van der Waals surface area contributed by atoms with Crippen LogP contribution in [0.5, 0.6) is 0 Å². The molecule has 0 amide bonds. The number of nitrogens with zero attached hydrogens (tertiary/aromatic N) is 1. The van der Waals surface area contributed by atoms with Crippen molar-refractivity contribution in [3.05, 3.63) is 42.1 Å². The smallest absolute Gasteiger partial charge is 0.0705 e. The fourth-order valence-corrected chi connectivity index (χ4v) is 2.04. The monoisotopic (exact) mass is 228 g/mol. The highest BCUT2D eigenvalue weighted by atomic mass is 14.7. The largest absolute Gasteiger partial charge is 0.323 e. The summed E-state index contributed by atoms with van der Waals surface area (Å²) in [6.07, 6.45) is 2.88. The summed E-state index contributed by atoms with van der Waals surface area (Å²) < 4.78 is 0. The van der Waals surface area contributed by atoms with E-state index in [0.29, 0.717) is 0 Å². The SMILES string of the molecule is CCC(C)(C)C(N)c1cccc2ncccc12. The van der Waals surface area contributed by atoms with E-state index in [4.69, 9.17) is 5.73 Å². The molecule has 2 aromatic rings. The van der Waals surface area contributed by atoms with Crippen molar-refractivity contribution >= 4 is 10.9 Å². The second kappa shape index (κ2) is 4.46. The van der Waals surface area contributed by atoms with E-state index in [-0.39, 0.29) is 11.5 Å². The number of nitrogens with two attached hydrogens (primary N) is 1. The van der Waals surface area contributed by atoms with E-state index in [1.165, 1.54) is 10.9 Å². The number of benzene rings is 1. The molecule has 2 heteroatoms. The summed E-state index contributed by atoms with van der Waals surface area (Å²) in [7, 11) is 0. The quantitative estimate of drug-likeness (QED) is 0.870. The minimum Gasteiger partial charge on any atom is -0.323 e. The average molecular weight is 228 g/mol. The number of aromatic nitrogens is 1. The Bertz CT molecular complexity index is 512. The van der Waals surface area contributed by atoms with Gasteiger partial charge in [-0.25, -0.2) is 0 Å². The molecule has 1 atom stereocenters. The maximum Gasteiger partial charge on any atom is 0.0705 e. The van der Waals surface area contributed by atoms with Crippen LogP contribution in [0.25, 0.3) is 10.9 Å². The number of hydrogen-bond acceptors (Lipinski definition) is 2. The Balaban J connectivity index is 2.56. The van der Waals surface area contributed by atoms with Crippen molar-refractivity contribution < 1.29 is 0 Å². The summed E-state index contributed by atoms with van der Waals surface area (Å²) in [6, 6.07) is 10.3. The second-order valence-corrected chi connectivity index (χ2v) is 5.24. The van der Waals surface area contributed by atoms with E-state index >= 15 is 0 Å². The topological polar surface area (TPSA) is 38.9 Å². The molecule has 1 aromatic carbocycles. The van der Waals surface area contributed by atoms with Gasteiger partial charge in [0.25, 0.3) is 0 Å². The molecule has 90 valence electrons. The molecule has 0 bridgehead atoms. The molecule has 0 aliphatic rings. The van der Waals surface area contributed by atoms with Crippen molar-refractivity contribution in [3.8, 4) is 0 Å². The number of pyridine rings is 1. The van der Waals surface area contributed by atoms with Gasteiger partial charge in [-0.1, -0.05) is 39.0 Å². The summed E-state index contributed by atoms with van der Waals surface area (Å²) in [6.45, 7) is 6.61. The molecule has 2 N–H and O–H groups in total. The van der Waals surface area contributed by atoms with Crippen LogP contribution in [0.1, 0.15) is 38.8 Å². The third-order valence-electron chi connectivity index (χ3n) is 3.77. The average Bonchev–Trinajstić information content (AvgIpc) is 2.37. The van der Waals surface area contributed by atoms with Gasteiger partial charge in [0.2, 0.25) is 0 Å². The Hall–Kier alpha value is -1.41. The second-order valence-electron chi connectivity index (χ2n) is 5.24. The van der Waals surface area contributed by atoms with E-state index in [2.05, 4.69) is 37.9 Å². The molecule has 0 saturated heterocycles. The van der Waals surface area contributed by atoms with Crippen molar-refractivity contribution in [2.24, 2.45) is 11.1 Å². The lowest BCUT2D eigenvalue weighted by Gasteiger charge is -2.31. The molecule has 0 fully saturated rings. The number of hydrogen-bond donors (Lipinski definition) is 1. The van der Waals surface area contributed by atoms with E-state index in [0.717, 1.165) is 11.9 Å². The van der Waals surface area contributed by atoms with Crippen LogP contribution in [0.2, 0.25) is 0 Å². The van der Waals surface area contributed by atoms with Crippen LogP contribution in [-0.2, 0) is 0 Å². The predicted molar refractivity (Wildman–Crippen MR) is 72.7 cm³/mol. The molecule has 0 aliphatic carbocycles. The Morgan fingerprint density at radius 1 is 1.24 bits per heavy atom. The molecule has 0 radical (unpaired) electrons. The molecular weight excluding hydrogens is 208 g/mol. The van der Waals surface area contributed by atoms with E-state index in [9.17, 15) is 0 Å². The zero-order valence-corrected chi connectivity index (χ0v) is 10.8. The van der Waals surface area contributed by atoms with Crippen LogP contribution < -0.4 is 5.73 Å². The molecule has 0 saturated carbocycles. The van der Waals surface area contributed by atoms with Crippen LogP contribution in [0.15, 0.2) is 36.5 Å². The van der Waals surface area contributed by atoms with E-state index < -0.39 is 0 Å². The fourth-order valence-electron chi connectivity index (χ4n) is 2.04. The van der Waals surface area contributed by atoms with Crippen LogP contribution in [0.4, 0.5) is 0 Å². The van der Waals surface area contributed by atoms with Gasteiger partial charge in [0.15, 0.2) is 0 Å². The summed E-state index contributed by atoms with van der Waals surface area (Å²) >= 11 is 0. The van der Waals surface area contributed by atoms with Crippen LogP contribution in [0.3, 0.4) is 0 Å². The molecule has 1 unspecified atom stereocenters. The Labute approximate surface area is 103 Å².